The molecular formula is C11H15ClF2N2O. The first-order valence-electron chi connectivity index (χ1n) is 4.98. The fourth-order valence-corrected chi connectivity index (χ4v) is 1.22. The number of hydrogen-bond acceptors (Lipinski definition) is 2. The van der Waals surface area contributed by atoms with Crippen molar-refractivity contribution in [3.63, 3.8) is 0 Å². The van der Waals surface area contributed by atoms with Crippen LogP contribution in [0.4, 0.5) is 8.78 Å². The SMILES string of the molecule is CNCCNC(=O)Cc1ccc(F)c(F)c1.Cl. The molecule has 3 nitrogen and oxygen atoms in total. The zero-order chi connectivity index (χ0) is 12.0. The van der Waals surface area contributed by atoms with Gasteiger partial charge in [-0.25, -0.2) is 8.78 Å². The molecule has 96 valence electrons. The fraction of sp³-hybridized carbons (Fsp3) is 0.364. The van der Waals surface area contributed by atoms with Gasteiger partial charge >= 0.3 is 0 Å². The van der Waals surface area contributed by atoms with Crippen LogP contribution < -0.4 is 10.6 Å². The molecule has 2 N–H and O–H groups in total. The average molecular weight is 265 g/mol. The Bertz CT molecular complexity index is 374. The third-order valence-electron chi connectivity index (χ3n) is 2.05. The number of hydrogen-bond donors (Lipinski definition) is 2. The average Bonchev–Trinajstić information content (AvgIpc) is 2.24. The molecule has 1 aromatic rings. The molecule has 0 unspecified atom stereocenters. The predicted octanol–water partition coefficient (Wildman–Crippen LogP) is 1.26. The van der Waals surface area contributed by atoms with Crippen molar-refractivity contribution in [2.45, 2.75) is 6.42 Å². The molecule has 1 rings (SSSR count). The predicted molar refractivity (Wildman–Crippen MR) is 64.2 cm³/mol. The smallest absolute Gasteiger partial charge is 0.224 e. The van der Waals surface area contributed by atoms with Gasteiger partial charge in [-0.1, -0.05) is 6.07 Å². The van der Waals surface area contributed by atoms with E-state index in [9.17, 15) is 13.6 Å². The van der Waals surface area contributed by atoms with Crippen molar-refractivity contribution < 1.29 is 13.6 Å². The lowest BCUT2D eigenvalue weighted by molar-refractivity contribution is -0.120. The molecule has 0 atom stereocenters. The summed E-state index contributed by atoms with van der Waals surface area (Å²) in [6, 6.07) is 3.45. The summed E-state index contributed by atoms with van der Waals surface area (Å²) in [6.45, 7) is 1.18. The molecule has 0 fully saturated rings. The number of carbonyl (C=O) groups is 1. The Morgan fingerprint density at radius 1 is 1.24 bits per heavy atom. The van der Waals surface area contributed by atoms with Gasteiger partial charge in [0.25, 0.3) is 0 Å². The molecule has 0 radical (unpaired) electrons. The van der Waals surface area contributed by atoms with E-state index in [0.717, 1.165) is 12.1 Å². The Morgan fingerprint density at radius 3 is 2.53 bits per heavy atom. The van der Waals surface area contributed by atoms with Crippen molar-refractivity contribution in [3.05, 3.63) is 35.4 Å². The van der Waals surface area contributed by atoms with E-state index in [-0.39, 0.29) is 24.7 Å². The van der Waals surface area contributed by atoms with Gasteiger partial charge in [-0.05, 0) is 24.7 Å². The summed E-state index contributed by atoms with van der Waals surface area (Å²) in [5.41, 5.74) is 0.459. The first kappa shape index (κ1) is 15.8. The largest absolute Gasteiger partial charge is 0.355 e. The van der Waals surface area contributed by atoms with E-state index in [1.54, 1.807) is 7.05 Å². The highest BCUT2D eigenvalue weighted by molar-refractivity contribution is 5.85. The first-order valence-corrected chi connectivity index (χ1v) is 4.98. The standard InChI is InChI=1S/C11H14F2N2O.ClH/c1-14-4-5-15-11(16)7-8-2-3-9(12)10(13)6-8;/h2-3,6,14H,4-5,7H2,1H3,(H,15,16);1H. The molecule has 0 aliphatic rings. The Hall–Kier alpha value is -1.20. The maximum Gasteiger partial charge on any atom is 0.224 e. The van der Waals surface area contributed by atoms with Crippen LogP contribution in [0.25, 0.3) is 0 Å². The van der Waals surface area contributed by atoms with Gasteiger partial charge in [0.2, 0.25) is 5.91 Å². The topological polar surface area (TPSA) is 41.1 Å². The lowest BCUT2D eigenvalue weighted by Gasteiger charge is -2.05. The fourth-order valence-electron chi connectivity index (χ4n) is 1.22. The van der Waals surface area contributed by atoms with Gasteiger partial charge in [-0.15, -0.1) is 12.4 Å². The van der Waals surface area contributed by atoms with Gasteiger partial charge < -0.3 is 10.6 Å². The number of halogens is 3. The Balaban J connectivity index is 0.00000256. The van der Waals surface area contributed by atoms with E-state index in [1.807, 2.05) is 0 Å². The van der Waals surface area contributed by atoms with Crippen LogP contribution in [0.3, 0.4) is 0 Å². The summed E-state index contributed by atoms with van der Waals surface area (Å²) < 4.78 is 25.4. The highest BCUT2D eigenvalue weighted by Gasteiger charge is 2.06. The highest BCUT2D eigenvalue weighted by Crippen LogP contribution is 2.08. The molecule has 0 aromatic heterocycles. The van der Waals surface area contributed by atoms with E-state index in [0.29, 0.717) is 18.7 Å². The lowest BCUT2D eigenvalue weighted by atomic mass is 10.1. The second-order valence-electron chi connectivity index (χ2n) is 3.38. The van der Waals surface area contributed by atoms with Gasteiger partial charge in [-0.3, -0.25) is 4.79 Å². The Kier molecular flexibility index (Phi) is 7.41. The second kappa shape index (κ2) is 7.97. The van der Waals surface area contributed by atoms with E-state index in [4.69, 9.17) is 0 Å². The van der Waals surface area contributed by atoms with Crippen molar-refractivity contribution in [2.75, 3.05) is 20.1 Å². The molecule has 1 amide bonds. The zero-order valence-corrected chi connectivity index (χ0v) is 10.2. The van der Waals surface area contributed by atoms with Crippen molar-refractivity contribution in [1.82, 2.24) is 10.6 Å². The van der Waals surface area contributed by atoms with Crippen molar-refractivity contribution in [2.24, 2.45) is 0 Å². The summed E-state index contributed by atoms with van der Waals surface area (Å²) in [6.07, 6.45) is 0.0565. The minimum atomic E-state index is -0.930. The summed E-state index contributed by atoms with van der Waals surface area (Å²) in [4.78, 5) is 11.3. The number of carbonyl (C=O) groups excluding carboxylic acids is 1. The van der Waals surface area contributed by atoms with Gasteiger partial charge in [0.05, 0.1) is 6.42 Å². The Morgan fingerprint density at radius 2 is 1.94 bits per heavy atom. The van der Waals surface area contributed by atoms with Gasteiger partial charge in [0, 0.05) is 13.1 Å². The van der Waals surface area contributed by atoms with E-state index >= 15 is 0 Å². The molecule has 0 saturated carbocycles. The monoisotopic (exact) mass is 264 g/mol. The van der Waals surface area contributed by atoms with E-state index in [2.05, 4.69) is 10.6 Å². The molecule has 1 aromatic carbocycles. The van der Waals surface area contributed by atoms with Crippen molar-refractivity contribution >= 4 is 18.3 Å². The van der Waals surface area contributed by atoms with Crippen LogP contribution >= 0.6 is 12.4 Å². The Labute approximate surface area is 105 Å². The van der Waals surface area contributed by atoms with Gasteiger partial charge in [0.1, 0.15) is 0 Å². The summed E-state index contributed by atoms with van der Waals surface area (Å²) >= 11 is 0. The number of benzene rings is 1. The molecule has 0 aliphatic heterocycles. The van der Waals surface area contributed by atoms with Gasteiger partial charge in [0.15, 0.2) is 11.6 Å². The maximum absolute atomic E-state index is 12.8. The first-order chi connectivity index (χ1) is 7.63. The zero-order valence-electron chi connectivity index (χ0n) is 9.43. The molecule has 0 bridgehead atoms. The normalized spacial score (nSPS) is 9.59. The third kappa shape index (κ3) is 5.60. The van der Waals surface area contributed by atoms with E-state index < -0.39 is 11.6 Å². The number of likely N-dealkylation sites (N-methyl/N-ethyl adjacent to an activating group) is 1. The van der Waals surface area contributed by atoms with Crippen LogP contribution in [0.5, 0.6) is 0 Å². The van der Waals surface area contributed by atoms with Crippen LogP contribution in [0.15, 0.2) is 18.2 Å². The van der Waals surface area contributed by atoms with E-state index in [1.165, 1.54) is 6.07 Å². The highest BCUT2D eigenvalue weighted by atomic mass is 35.5. The number of amides is 1. The summed E-state index contributed by atoms with van der Waals surface area (Å²) in [5.74, 6) is -2.04. The molecular weight excluding hydrogens is 250 g/mol. The van der Waals surface area contributed by atoms with Crippen LogP contribution in [0.2, 0.25) is 0 Å². The van der Waals surface area contributed by atoms with Crippen LogP contribution in [0.1, 0.15) is 5.56 Å². The third-order valence-corrected chi connectivity index (χ3v) is 2.05. The molecule has 0 aliphatic carbocycles. The molecule has 0 spiro atoms. The number of rotatable bonds is 5. The van der Waals surface area contributed by atoms with Crippen molar-refractivity contribution in [3.8, 4) is 0 Å². The quantitative estimate of drug-likeness (QED) is 0.787. The summed E-state index contributed by atoms with van der Waals surface area (Å²) in [7, 11) is 1.78. The van der Waals surface area contributed by atoms with Gasteiger partial charge in [-0.2, -0.15) is 0 Å². The molecule has 0 saturated heterocycles. The molecule has 0 heterocycles. The summed E-state index contributed by atoms with van der Waals surface area (Å²) in [5, 5.41) is 5.53. The minimum absolute atomic E-state index is 0. The maximum atomic E-state index is 12.8. The van der Waals surface area contributed by atoms with Crippen molar-refractivity contribution in [1.29, 1.82) is 0 Å². The lowest BCUT2D eigenvalue weighted by Crippen LogP contribution is -2.31. The second-order valence-corrected chi connectivity index (χ2v) is 3.38. The minimum Gasteiger partial charge on any atom is -0.355 e. The molecule has 6 heteroatoms. The molecule has 17 heavy (non-hydrogen) atoms. The van der Waals surface area contributed by atoms with Crippen LogP contribution in [0, 0.1) is 11.6 Å². The van der Waals surface area contributed by atoms with Crippen LogP contribution in [-0.2, 0) is 11.2 Å². The number of nitrogens with one attached hydrogen (secondary N) is 2. The van der Waals surface area contributed by atoms with Crippen LogP contribution in [-0.4, -0.2) is 26.0 Å².